The Morgan fingerprint density at radius 3 is 2.76 bits per heavy atom. The Morgan fingerprint density at radius 2 is 2.05 bits per heavy atom. The molecule has 1 aromatic heterocycles. The topological polar surface area (TPSA) is 37.6 Å². The quantitative estimate of drug-likeness (QED) is 0.720. The molecule has 114 valence electrons. The summed E-state index contributed by atoms with van der Waals surface area (Å²) in [5, 5.41) is 3.41. The molecule has 1 heterocycles. The molecule has 0 aliphatic rings. The van der Waals surface area contributed by atoms with Crippen molar-refractivity contribution < 1.29 is 9.15 Å². The SMILES string of the molecule is CCN(Cc1ccco1)c1ccccc1CNCCOC. The first-order valence-electron chi connectivity index (χ1n) is 7.40. The van der Waals surface area contributed by atoms with Crippen molar-refractivity contribution in [1.82, 2.24) is 5.32 Å². The lowest BCUT2D eigenvalue weighted by Gasteiger charge is -2.25. The first-order chi connectivity index (χ1) is 10.3. The number of nitrogens with one attached hydrogen (secondary N) is 1. The maximum Gasteiger partial charge on any atom is 0.123 e. The molecule has 4 nitrogen and oxygen atoms in total. The molecule has 0 aliphatic carbocycles. The average molecular weight is 288 g/mol. The third-order valence-electron chi connectivity index (χ3n) is 3.44. The van der Waals surface area contributed by atoms with Crippen molar-refractivity contribution in [2.45, 2.75) is 20.0 Å². The third kappa shape index (κ3) is 4.62. The number of hydrogen-bond donors (Lipinski definition) is 1. The van der Waals surface area contributed by atoms with Crippen LogP contribution in [0.15, 0.2) is 47.1 Å². The van der Waals surface area contributed by atoms with Gasteiger partial charge in [0.25, 0.3) is 0 Å². The highest BCUT2D eigenvalue weighted by molar-refractivity contribution is 5.53. The van der Waals surface area contributed by atoms with E-state index >= 15 is 0 Å². The molecular formula is C17H24N2O2. The highest BCUT2D eigenvalue weighted by Gasteiger charge is 2.11. The van der Waals surface area contributed by atoms with Crippen LogP contribution >= 0.6 is 0 Å². The Kier molecular flexibility index (Phi) is 6.31. The molecule has 0 saturated carbocycles. The van der Waals surface area contributed by atoms with Crippen LogP contribution in [0.25, 0.3) is 0 Å². The molecule has 1 N–H and O–H groups in total. The zero-order chi connectivity index (χ0) is 14.9. The van der Waals surface area contributed by atoms with Crippen LogP contribution in [0.4, 0.5) is 5.69 Å². The van der Waals surface area contributed by atoms with Gasteiger partial charge < -0.3 is 19.4 Å². The Balaban J connectivity index is 2.05. The normalized spacial score (nSPS) is 10.8. The highest BCUT2D eigenvalue weighted by atomic mass is 16.5. The van der Waals surface area contributed by atoms with E-state index in [1.165, 1.54) is 11.3 Å². The summed E-state index contributed by atoms with van der Waals surface area (Å²) >= 11 is 0. The molecule has 1 aromatic carbocycles. The molecule has 0 unspecified atom stereocenters. The molecule has 0 fully saturated rings. The van der Waals surface area contributed by atoms with Crippen LogP contribution in [0, 0.1) is 0 Å². The average Bonchev–Trinajstić information content (AvgIpc) is 3.03. The van der Waals surface area contributed by atoms with E-state index in [1.54, 1.807) is 13.4 Å². The standard InChI is InChI=1S/C17H24N2O2/c1-3-19(14-16-8-6-11-21-16)17-9-5-4-7-15(17)13-18-10-12-20-2/h4-9,11,18H,3,10,12-14H2,1-2H3. The molecular weight excluding hydrogens is 264 g/mol. The van der Waals surface area contributed by atoms with E-state index in [1.807, 2.05) is 12.1 Å². The van der Waals surface area contributed by atoms with Crippen molar-refractivity contribution in [2.75, 3.05) is 31.7 Å². The number of rotatable bonds is 9. The largest absolute Gasteiger partial charge is 0.467 e. The van der Waals surface area contributed by atoms with E-state index in [9.17, 15) is 0 Å². The lowest BCUT2D eigenvalue weighted by Crippen LogP contribution is -2.25. The van der Waals surface area contributed by atoms with Crippen LogP contribution < -0.4 is 10.2 Å². The van der Waals surface area contributed by atoms with Gasteiger partial charge in [0, 0.05) is 32.4 Å². The molecule has 2 aromatic rings. The van der Waals surface area contributed by atoms with Crippen molar-refractivity contribution >= 4 is 5.69 Å². The summed E-state index contributed by atoms with van der Waals surface area (Å²) in [5.74, 6) is 0.985. The van der Waals surface area contributed by atoms with Gasteiger partial charge in [-0.2, -0.15) is 0 Å². The second-order valence-electron chi connectivity index (χ2n) is 4.89. The zero-order valence-corrected chi connectivity index (χ0v) is 12.8. The zero-order valence-electron chi connectivity index (χ0n) is 12.8. The van der Waals surface area contributed by atoms with E-state index in [0.29, 0.717) is 0 Å². The molecule has 2 rings (SSSR count). The summed E-state index contributed by atoms with van der Waals surface area (Å²) in [6.07, 6.45) is 1.72. The van der Waals surface area contributed by atoms with Crippen LogP contribution in [0.3, 0.4) is 0 Å². The molecule has 21 heavy (non-hydrogen) atoms. The van der Waals surface area contributed by atoms with Gasteiger partial charge in [-0.05, 0) is 30.7 Å². The number of para-hydroxylation sites is 1. The minimum Gasteiger partial charge on any atom is -0.467 e. The fourth-order valence-electron chi connectivity index (χ4n) is 2.32. The van der Waals surface area contributed by atoms with E-state index < -0.39 is 0 Å². The number of anilines is 1. The molecule has 4 heteroatoms. The fourth-order valence-corrected chi connectivity index (χ4v) is 2.32. The number of furan rings is 1. The lowest BCUT2D eigenvalue weighted by atomic mass is 10.1. The summed E-state index contributed by atoms with van der Waals surface area (Å²) in [7, 11) is 1.72. The van der Waals surface area contributed by atoms with E-state index in [-0.39, 0.29) is 0 Å². The van der Waals surface area contributed by atoms with Crippen molar-refractivity contribution in [3.63, 3.8) is 0 Å². The van der Waals surface area contributed by atoms with Crippen molar-refractivity contribution in [1.29, 1.82) is 0 Å². The van der Waals surface area contributed by atoms with E-state index in [2.05, 4.69) is 41.4 Å². The Morgan fingerprint density at radius 1 is 1.19 bits per heavy atom. The molecule has 0 bridgehead atoms. The Labute approximate surface area is 126 Å². The number of ether oxygens (including phenoxy) is 1. The molecule has 0 atom stereocenters. The van der Waals surface area contributed by atoms with E-state index in [0.717, 1.165) is 38.5 Å². The number of hydrogen-bond acceptors (Lipinski definition) is 4. The maximum atomic E-state index is 5.47. The lowest BCUT2D eigenvalue weighted by molar-refractivity contribution is 0.199. The Bertz CT molecular complexity index is 511. The smallest absolute Gasteiger partial charge is 0.123 e. The molecule has 0 saturated heterocycles. The minimum atomic E-state index is 0.728. The molecule has 0 spiro atoms. The van der Waals surface area contributed by atoms with Crippen molar-refractivity contribution in [3.05, 3.63) is 54.0 Å². The first kappa shape index (κ1) is 15.6. The van der Waals surface area contributed by atoms with Crippen LogP contribution in [0.5, 0.6) is 0 Å². The number of methoxy groups -OCH3 is 1. The monoisotopic (exact) mass is 288 g/mol. The van der Waals surface area contributed by atoms with Gasteiger partial charge in [0.05, 0.1) is 19.4 Å². The number of benzene rings is 1. The summed E-state index contributed by atoms with van der Waals surface area (Å²) in [6.45, 7) is 6.32. The summed E-state index contributed by atoms with van der Waals surface area (Å²) in [4.78, 5) is 2.33. The van der Waals surface area contributed by atoms with Crippen molar-refractivity contribution in [2.24, 2.45) is 0 Å². The molecule has 0 aliphatic heterocycles. The van der Waals surface area contributed by atoms with Crippen LogP contribution in [-0.4, -0.2) is 26.8 Å². The van der Waals surface area contributed by atoms with Gasteiger partial charge >= 0.3 is 0 Å². The van der Waals surface area contributed by atoms with Gasteiger partial charge in [0.1, 0.15) is 5.76 Å². The molecule has 0 radical (unpaired) electrons. The van der Waals surface area contributed by atoms with Gasteiger partial charge in [0.2, 0.25) is 0 Å². The second-order valence-corrected chi connectivity index (χ2v) is 4.89. The van der Waals surface area contributed by atoms with Crippen LogP contribution in [0.2, 0.25) is 0 Å². The second kappa shape index (κ2) is 8.49. The Hall–Kier alpha value is -1.78. The van der Waals surface area contributed by atoms with Crippen LogP contribution in [-0.2, 0) is 17.8 Å². The third-order valence-corrected chi connectivity index (χ3v) is 3.44. The van der Waals surface area contributed by atoms with Gasteiger partial charge in [-0.1, -0.05) is 18.2 Å². The predicted octanol–water partition coefficient (Wildman–Crippen LogP) is 3.04. The van der Waals surface area contributed by atoms with E-state index in [4.69, 9.17) is 9.15 Å². The predicted molar refractivity (Wildman–Crippen MR) is 85.5 cm³/mol. The molecule has 0 amide bonds. The van der Waals surface area contributed by atoms with Gasteiger partial charge in [-0.3, -0.25) is 0 Å². The summed E-state index contributed by atoms with van der Waals surface area (Å²) < 4.78 is 10.5. The van der Waals surface area contributed by atoms with Gasteiger partial charge in [0.15, 0.2) is 0 Å². The summed E-state index contributed by atoms with van der Waals surface area (Å²) in [5.41, 5.74) is 2.54. The van der Waals surface area contributed by atoms with Gasteiger partial charge in [-0.15, -0.1) is 0 Å². The fraction of sp³-hybridized carbons (Fsp3) is 0.412. The number of nitrogens with zero attached hydrogens (tertiary/aromatic N) is 1. The highest BCUT2D eigenvalue weighted by Crippen LogP contribution is 2.22. The first-order valence-corrected chi connectivity index (χ1v) is 7.40. The van der Waals surface area contributed by atoms with Crippen molar-refractivity contribution in [3.8, 4) is 0 Å². The maximum absolute atomic E-state index is 5.47. The summed E-state index contributed by atoms with van der Waals surface area (Å²) in [6, 6.07) is 12.4. The van der Waals surface area contributed by atoms with Gasteiger partial charge in [-0.25, -0.2) is 0 Å². The van der Waals surface area contributed by atoms with Crippen LogP contribution in [0.1, 0.15) is 18.2 Å². The minimum absolute atomic E-state index is 0.728.